The molecule has 0 spiro atoms. The molecule has 1 unspecified atom stereocenters. The lowest BCUT2D eigenvalue weighted by Gasteiger charge is -2.14. The van der Waals surface area contributed by atoms with Crippen LogP contribution in [0.3, 0.4) is 0 Å². The second kappa shape index (κ2) is 6.21. The summed E-state index contributed by atoms with van der Waals surface area (Å²) in [5.41, 5.74) is 1.73. The van der Waals surface area contributed by atoms with E-state index < -0.39 is 12.1 Å². The van der Waals surface area contributed by atoms with Crippen LogP contribution < -0.4 is 4.74 Å². The summed E-state index contributed by atoms with van der Waals surface area (Å²) >= 11 is 0. The molecule has 0 amide bonds. The van der Waals surface area contributed by atoms with Crippen LogP contribution >= 0.6 is 0 Å². The van der Waals surface area contributed by atoms with Crippen molar-refractivity contribution in [1.82, 2.24) is 0 Å². The number of benzene rings is 2. The van der Waals surface area contributed by atoms with Gasteiger partial charge < -0.3 is 14.9 Å². The molecule has 2 rings (SSSR count). The van der Waals surface area contributed by atoms with Crippen LogP contribution in [0.5, 0.6) is 5.75 Å². The van der Waals surface area contributed by atoms with E-state index in [-0.39, 0.29) is 17.9 Å². The molecule has 2 aromatic carbocycles. The van der Waals surface area contributed by atoms with Crippen molar-refractivity contribution in [3.8, 4) is 5.75 Å². The van der Waals surface area contributed by atoms with Gasteiger partial charge in [-0.25, -0.2) is 4.79 Å². The highest BCUT2D eigenvalue weighted by Gasteiger charge is 2.14. The monoisotopic (exact) mass is 272 g/mol. The normalized spacial score (nSPS) is 11.9. The van der Waals surface area contributed by atoms with Crippen molar-refractivity contribution in [1.29, 1.82) is 0 Å². The van der Waals surface area contributed by atoms with E-state index in [1.54, 1.807) is 24.3 Å². The molecular weight excluding hydrogens is 256 g/mol. The number of ether oxygens (including phenoxy) is 1. The van der Waals surface area contributed by atoms with Gasteiger partial charge in [0.05, 0.1) is 0 Å². The lowest BCUT2D eigenvalue weighted by Crippen LogP contribution is -2.11. The van der Waals surface area contributed by atoms with Crippen molar-refractivity contribution in [3.05, 3.63) is 65.2 Å². The van der Waals surface area contributed by atoms with Gasteiger partial charge in [-0.15, -0.1) is 0 Å². The lowest BCUT2D eigenvalue weighted by molar-refractivity contribution is 0.0683. The minimum atomic E-state index is -1.05. The Kier molecular flexibility index (Phi) is 4.38. The number of aliphatic hydroxyl groups is 1. The number of carboxylic acid groups (broad SMARTS) is 1. The highest BCUT2D eigenvalue weighted by atomic mass is 16.5. The fourth-order valence-electron chi connectivity index (χ4n) is 1.87. The molecule has 0 aliphatic rings. The number of aromatic carboxylic acids is 1. The van der Waals surface area contributed by atoms with E-state index in [0.29, 0.717) is 0 Å². The third-order valence-electron chi connectivity index (χ3n) is 2.95. The summed E-state index contributed by atoms with van der Waals surface area (Å²) in [6, 6.07) is 14.0. The summed E-state index contributed by atoms with van der Waals surface area (Å²) in [6.45, 7) is 1.86. The van der Waals surface area contributed by atoms with Crippen LogP contribution in [0.1, 0.15) is 27.6 Å². The van der Waals surface area contributed by atoms with E-state index in [2.05, 4.69) is 0 Å². The average molecular weight is 272 g/mol. The number of rotatable bonds is 5. The first-order valence-corrected chi connectivity index (χ1v) is 6.27. The number of carboxylic acids is 1. The molecule has 0 radical (unpaired) electrons. The molecule has 20 heavy (non-hydrogen) atoms. The lowest BCUT2D eigenvalue weighted by atomic mass is 10.1. The van der Waals surface area contributed by atoms with E-state index in [1.165, 1.54) is 6.07 Å². The first kappa shape index (κ1) is 14.1. The molecule has 0 aromatic heterocycles. The van der Waals surface area contributed by atoms with Crippen LogP contribution in [0, 0.1) is 6.92 Å². The maximum Gasteiger partial charge on any atom is 0.339 e. The number of aryl methyl sites for hydroxylation is 1. The van der Waals surface area contributed by atoms with Crippen molar-refractivity contribution in [2.75, 3.05) is 6.61 Å². The van der Waals surface area contributed by atoms with Gasteiger partial charge in [-0.3, -0.25) is 0 Å². The Bertz CT molecular complexity index is 593. The highest BCUT2D eigenvalue weighted by molar-refractivity contribution is 5.90. The van der Waals surface area contributed by atoms with Gasteiger partial charge in [-0.05, 0) is 30.2 Å². The molecule has 4 heteroatoms. The first-order valence-electron chi connectivity index (χ1n) is 6.27. The van der Waals surface area contributed by atoms with Gasteiger partial charge in [-0.2, -0.15) is 0 Å². The summed E-state index contributed by atoms with van der Waals surface area (Å²) in [5.74, 6) is -0.776. The Hall–Kier alpha value is -2.33. The zero-order valence-corrected chi connectivity index (χ0v) is 11.1. The summed E-state index contributed by atoms with van der Waals surface area (Å²) < 4.78 is 5.46. The van der Waals surface area contributed by atoms with Crippen LogP contribution in [0.4, 0.5) is 0 Å². The average Bonchev–Trinajstić information content (AvgIpc) is 2.45. The van der Waals surface area contributed by atoms with Crippen LogP contribution in [-0.4, -0.2) is 22.8 Å². The van der Waals surface area contributed by atoms with Crippen LogP contribution in [0.25, 0.3) is 0 Å². The first-order chi connectivity index (χ1) is 9.58. The molecule has 2 aromatic rings. The van der Waals surface area contributed by atoms with Crippen molar-refractivity contribution in [3.63, 3.8) is 0 Å². The zero-order chi connectivity index (χ0) is 14.5. The predicted octanol–water partition coefficient (Wildman–Crippen LogP) is 2.81. The molecule has 4 nitrogen and oxygen atoms in total. The van der Waals surface area contributed by atoms with Gasteiger partial charge in [0.25, 0.3) is 0 Å². The molecular formula is C16H16O4. The molecule has 2 N–H and O–H groups in total. The molecule has 0 bridgehead atoms. The van der Waals surface area contributed by atoms with Crippen molar-refractivity contribution < 1.29 is 19.7 Å². The smallest absolute Gasteiger partial charge is 0.339 e. The van der Waals surface area contributed by atoms with Crippen LogP contribution in [0.2, 0.25) is 0 Å². The Morgan fingerprint density at radius 3 is 2.55 bits per heavy atom. The highest BCUT2D eigenvalue weighted by Crippen LogP contribution is 2.22. The molecule has 0 saturated carbocycles. The SMILES string of the molecule is Cc1ccc(C(=O)O)c(OCC(O)c2ccccc2)c1. The van der Waals surface area contributed by atoms with Gasteiger partial charge in [0, 0.05) is 0 Å². The number of hydrogen-bond acceptors (Lipinski definition) is 3. The second-order valence-electron chi connectivity index (χ2n) is 4.54. The number of carbonyl (C=O) groups is 1. The van der Waals surface area contributed by atoms with Crippen molar-refractivity contribution in [2.45, 2.75) is 13.0 Å². The summed E-state index contributed by atoms with van der Waals surface area (Å²) in [5, 5.41) is 19.1. The quantitative estimate of drug-likeness (QED) is 0.878. The molecule has 0 aliphatic heterocycles. The van der Waals surface area contributed by atoms with Crippen LogP contribution in [0.15, 0.2) is 48.5 Å². The molecule has 0 saturated heterocycles. The van der Waals surface area contributed by atoms with Crippen LogP contribution in [-0.2, 0) is 0 Å². The van der Waals surface area contributed by atoms with Gasteiger partial charge in [0.2, 0.25) is 0 Å². The summed E-state index contributed by atoms with van der Waals surface area (Å²) in [4.78, 5) is 11.1. The summed E-state index contributed by atoms with van der Waals surface area (Å²) in [7, 11) is 0. The van der Waals surface area contributed by atoms with Gasteiger partial charge in [-0.1, -0.05) is 36.4 Å². The molecule has 104 valence electrons. The summed E-state index contributed by atoms with van der Waals surface area (Å²) in [6.07, 6.45) is -0.793. The Labute approximate surface area is 117 Å². The maximum atomic E-state index is 11.1. The van der Waals surface area contributed by atoms with E-state index in [4.69, 9.17) is 9.84 Å². The standard InChI is InChI=1S/C16H16O4/c1-11-7-8-13(16(18)19)15(9-11)20-10-14(17)12-5-3-2-4-6-12/h2-9,14,17H,10H2,1H3,(H,18,19). The minimum Gasteiger partial charge on any atom is -0.490 e. The topological polar surface area (TPSA) is 66.8 Å². The van der Waals surface area contributed by atoms with E-state index in [0.717, 1.165) is 11.1 Å². The fourth-order valence-corrected chi connectivity index (χ4v) is 1.87. The Morgan fingerprint density at radius 1 is 1.20 bits per heavy atom. The molecule has 0 heterocycles. The number of aliphatic hydroxyl groups excluding tert-OH is 1. The van der Waals surface area contributed by atoms with E-state index in [9.17, 15) is 9.90 Å². The van der Waals surface area contributed by atoms with Gasteiger partial charge in [0.15, 0.2) is 0 Å². The largest absolute Gasteiger partial charge is 0.490 e. The fraction of sp³-hybridized carbons (Fsp3) is 0.188. The minimum absolute atomic E-state index is 0.00769. The Balaban J connectivity index is 2.11. The molecule has 1 atom stereocenters. The predicted molar refractivity (Wildman–Crippen MR) is 75.0 cm³/mol. The van der Waals surface area contributed by atoms with Gasteiger partial charge >= 0.3 is 5.97 Å². The zero-order valence-electron chi connectivity index (χ0n) is 11.1. The number of hydrogen-bond donors (Lipinski definition) is 2. The molecule has 0 aliphatic carbocycles. The van der Waals surface area contributed by atoms with Crippen molar-refractivity contribution in [2.24, 2.45) is 0 Å². The van der Waals surface area contributed by atoms with E-state index in [1.807, 2.05) is 25.1 Å². The Morgan fingerprint density at radius 2 is 1.90 bits per heavy atom. The van der Waals surface area contributed by atoms with Crippen molar-refractivity contribution >= 4 is 5.97 Å². The third kappa shape index (κ3) is 3.36. The molecule has 0 fully saturated rings. The van der Waals surface area contributed by atoms with Gasteiger partial charge in [0.1, 0.15) is 24.0 Å². The van der Waals surface area contributed by atoms with E-state index >= 15 is 0 Å². The second-order valence-corrected chi connectivity index (χ2v) is 4.54. The third-order valence-corrected chi connectivity index (χ3v) is 2.95. The maximum absolute atomic E-state index is 11.1.